The van der Waals surface area contributed by atoms with E-state index >= 15 is 0 Å². The first-order valence-corrected chi connectivity index (χ1v) is 5.48. The lowest BCUT2D eigenvalue weighted by atomic mass is 10.7. The molecule has 5 nitrogen and oxygen atoms in total. The van der Waals surface area contributed by atoms with Gasteiger partial charge in [-0.3, -0.25) is 0 Å². The summed E-state index contributed by atoms with van der Waals surface area (Å²) < 4.78 is 22.6. The number of aromatic nitrogens is 2. The predicted octanol–water partition coefficient (Wildman–Crippen LogP) is 0.312. The Morgan fingerprint density at radius 1 is 1.38 bits per heavy atom. The van der Waals surface area contributed by atoms with E-state index < -0.39 is 9.84 Å². The van der Waals surface area contributed by atoms with Crippen LogP contribution < -0.4 is 5.32 Å². The van der Waals surface area contributed by atoms with Crippen molar-refractivity contribution in [3.8, 4) is 0 Å². The van der Waals surface area contributed by atoms with Crippen molar-refractivity contribution in [2.45, 2.75) is 11.8 Å². The Hall–Kier alpha value is -1.17. The molecular weight excluding hydrogens is 190 g/mol. The van der Waals surface area contributed by atoms with Crippen molar-refractivity contribution >= 4 is 15.8 Å². The summed E-state index contributed by atoms with van der Waals surface area (Å²) in [5.74, 6) is 0.477. The Balaban J connectivity index is 3.06. The maximum Gasteiger partial charge on any atom is 0.222 e. The van der Waals surface area contributed by atoms with Crippen LogP contribution in [-0.4, -0.2) is 31.2 Å². The van der Waals surface area contributed by atoms with Crippen molar-refractivity contribution in [1.82, 2.24) is 9.97 Å². The molecule has 0 aromatic carbocycles. The topological polar surface area (TPSA) is 72.0 Å². The highest BCUT2D eigenvalue weighted by Gasteiger charge is 2.11. The van der Waals surface area contributed by atoms with Crippen LogP contribution in [0.2, 0.25) is 0 Å². The van der Waals surface area contributed by atoms with Crippen LogP contribution in [0.25, 0.3) is 0 Å². The first-order chi connectivity index (χ1) is 6.10. The molecule has 0 saturated heterocycles. The standard InChI is InChI=1S/C7H11N3O2S/c1-3-13(11,12)6-4-9-7(8-2)10-5-6/h4-5H,3H2,1-2H3,(H,8,9,10). The highest BCUT2D eigenvalue weighted by atomic mass is 32.2. The van der Waals surface area contributed by atoms with Crippen molar-refractivity contribution in [2.75, 3.05) is 18.1 Å². The van der Waals surface area contributed by atoms with Gasteiger partial charge in [-0.1, -0.05) is 6.92 Å². The number of hydrogen-bond donors (Lipinski definition) is 1. The van der Waals surface area contributed by atoms with Gasteiger partial charge < -0.3 is 5.32 Å². The minimum atomic E-state index is -3.18. The van der Waals surface area contributed by atoms with Gasteiger partial charge in [0.05, 0.1) is 18.1 Å². The summed E-state index contributed by atoms with van der Waals surface area (Å²) in [5, 5.41) is 2.71. The van der Waals surface area contributed by atoms with Gasteiger partial charge in [0.25, 0.3) is 0 Å². The second-order valence-corrected chi connectivity index (χ2v) is 4.67. The van der Waals surface area contributed by atoms with Crippen molar-refractivity contribution in [1.29, 1.82) is 0 Å². The summed E-state index contributed by atoms with van der Waals surface area (Å²) in [6, 6.07) is 0. The fourth-order valence-corrected chi connectivity index (χ4v) is 1.53. The smallest absolute Gasteiger partial charge is 0.222 e. The van der Waals surface area contributed by atoms with Crippen molar-refractivity contribution in [2.24, 2.45) is 0 Å². The van der Waals surface area contributed by atoms with Gasteiger partial charge in [-0.25, -0.2) is 18.4 Å². The molecule has 0 fully saturated rings. The van der Waals surface area contributed by atoms with E-state index in [1.165, 1.54) is 12.4 Å². The van der Waals surface area contributed by atoms with Crippen LogP contribution in [0.1, 0.15) is 6.92 Å². The van der Waals surface area contributed by atoms with Crippen LogP contribution in [0.4, 0.5) is 5.95 Å². The molecule has 0 bridgehead atoms. The first kappa shape index (κ1) is 9.91. The summed E-state index contributed by atoms with van der Waals surface area (Å²) >= 11 is 0. The number of hydrogen-bond acceptors (Lipinski definition) is 5. The molecule has 13 heavy (non-hydrogen) atoms. The van der Waals surface area contributed by atoms with Crippen LogP contribution >= 0.6 is 0 Å². The first-order valence-electron chi connectivity index (χ1n) is 3.82. The number of nitrogens with one attached hydrogen (secondary N) is 1. The van der Waals surface area contributed by atoms with E-state index in [-0.39, 0.29) is 10.6 Å². The van der Waals surface area contributed by atoms with Crippen LogP contribution in [0.3, 0.4) is 0 Å². The third-order valence-electron chi connectivity index (χ3n) is 1.59. The molecule has 0 aliphatic heterocycles. The Morgan fingerprint density at radius 3 is 2.31 bits per heavy atom. The van der Waals surface area contributed by atoms with Crippen LogP contribution in [0.5, 0.6) is 0 Å². The molecule has 0 unspecified atom stereocenters. The monoisotopic (exact) mass is 201 g/mol. The lowest BCUT2D eigenvalue weighted by molar-refractivity contribution is 0.596. The Morgan fingerprint density at radius 2 is 1.92 bits per heavy atom. The largest absolute Gasteiger partial charge is 0.357 e. The normalized spacial score (nSPS) is 11.2. The Kier molecular flexibility index (Phi) is 2.82. The van der Waals surface area contributed by atoms with E-state index in [1.807, 2.05) is 0 Å². The van der Waals surface area contributed by atoms with Gasteiger partial charge in [-0.15, -0.1) is 0 Å². The van der Waals surface area contributed by atoms with Crippen LogP contribution in [0, 0.1) is 0 Å². The molecule has 0 aliphatic rings. The highest BCUT2D eigenvalue weighted by Crippen LogP contribution is 2.08. The summed E-state index contributed by atoms with van der Waals surface area (Å²) in [7, 11) is -1.51. The number of sulfone groups is 1. The number of nitrogens with zero attached hydrogens (tertiary/aromatic N) is 2. The van der Waals surface area contributed by atoms with Crippen molar-refractivity contribution in [3.05, 3.63) is 12.4 Å². The van der Waals surface area contributed by atoms with Crippen LogP contribution in [-0.2, 0) is 9.84 Å². The van der Waals surface area contributed by atoms with E-state index in [1.54, 1.807) is 14.0 Å². The van der Waals surface area contributed by atoms with E-state index in [2.05, 4.69) is 15.3 Å². The van der Waals surface area contributed by atoms with Gasteiger partial charge in [0, 0.05) is 7.05 Å². The van der Waals surface area contributed by atoms with Gasteiger partial charge in [-0.05, 0) is 0 Å². The fraction of sp³-hybridized carbons (Fsp3) is 0.429. The zero-order valence-electron chi connectivity index (χ0n) is 7.48. The van der Waals surface area contributed by atoms with E-state index in [0.29, 0.717) is 5.95 Å². The third kappa shape index (κ3) is 2.15. The molecule has 1 rings (SSSR count). The summed E-state index contributed by atoms with van der Waals surface area (Å²) in [5.41, 5.74) is 0. The lowest BCUT2D eigenvalue weighted by Crippen LogP contribution is -2.06. The molecule has 0 atom stereocenters. The lowest BCUT2D eigenvalue weighted by Gasteiger charge is -2.00. The van der Waals surface area contributed by atoms with E-state index in [0.717, 1.165) is 0 Å². The van der Waals surface area contributed by atoms with E-state index in [9.17, 15) is 8.42 Å². The third-order valence-corrected chi connectivity index (χ3v) is 3.28. The quantitative estimate of drug-likeness (QED) is 0.762. The molecule has 1 aromatic heterocycles. The molecule has 0 saturated carbocycles. The Bertz CT molecular complexity index is 371. The SMILES string of the molecule is CCS(=O)(=O)c1cnc(NC)nc1. The molecule has 0 aliphatic carbocycles. The minimum absolute atomic E-state index is 0.0647. The van der Waals surface area contributed by atoms with Gasteiger partial charge in [0.1, 0.15) is 4.90 Å². The minimum Gasteiger partial charge on any atom is -0.357 e. The second kappa shape index (κ2) is 3.69. The summed E-state index contributed by atoms with van der Waals surface area (Å²) in [6.45, 7) is 1.58. The Labute approximate surface area is 77.1 Å². The number of anilines is 1. The zero-order chi connectivity index (χ0) is 9.90. The molecular formula is C7H11N3O2S. The summed E-state index contributed by atoms with van der Waals surface area (Å²) in [6.07, 6.45) is 2.61. The van der Waals surface area contributed by atoms with Gasteiger partial charge in [0.2, 0.25) is 5.95 Å². The molecule has 1 N–H and O–H groups in total. The highest BCUT2D eigenvalue weighted by molar-refractivity contribution is 7.91. The molecule has 72 valence electrons. The van der Waals surface area contributed by atoms with Gasteiger partial charge >= 0.3 is 0 Å². The van der Waals surface area contributed by atoms with E-state index in [4.69, 9.17) is 0 Å². The maximum absolute atomic E-state index is 11.3. The number of rotatable bonds is 3. The van der Waals surface area contributed by atoms with Gasteiger partial charge in [0.15, 0.2) is 9.84 Å². The maximum atomic E-state index is 11.3. The average Bonchev–Trinajstić information content (AvgIpc) is 2.18. The van der Waals surface area contributed by atoms with Crippen molar-refractivity contribution < 1.29 is 8.42 Å². The molecule has 1 heterocycles. The molecule has 0 amide bonds. The summed E-state index contributed by atoms with van der Waals surface area (Å²) in [4.78, 5) is 7.78. The molecule has 0 spiro atoms. The second-order valence-electron chi connectivity index (χ2n) is 2.40. The average molecular weight is 201 g/mol. The molecule has 0 radical (unpaired) electrons. The molecule has 6 heteroatoms. The fourth-order valence-electron chi connectivity index (χ4n) is 0.773. The van der Waals surface area contributed by atoms with Gasteiger partial charge in [-0.2, -0.15) is 0 Å². The zero-order valence-corrected chi connectivity index (χ0v) is 8.30. The van der Waals surface area contributed by atoms with Crippen LogP contribution in [0.15, 0.2) is 17.3 Å². The molecule has 1 aromatic rings. The van der Waals surface area contributed by atoms with Crippen molar-refractivity contribution in [3.63, 3.8) is 0 Å². The predicted molar refractivity (Wildman–Crippen MR) is 49.3 cm³/mol.